The van der Waals surface area contributed by atoms with Crippen LogP contribution in [0.1, 0.15) is 16.7 Å². The second-order valence-corrected chi connectivity index (χ2v) is 6.57. The molecule has 0 saturated carbocycles. The molecule has 0 fully saturated rings. The van der Waals surface area contributed by atoms with E-state index in [2.05, 4.69) is 0 Å². The Balaban J connectivity index is 1.96. The number of nitrogens with zero attached hydrogens (tertiary/aromatic N) is 1. The molecule has 0 aliphatic heterocycles. The quantitative estimate of drug-likeness (QED) is 0.464. The summed E-state index contributed by atoms with van der Waals surface area (Å²) < 4.78 is 20.9. The molecular formula is C23H27NO6. The lowest BCUT2D eigenvalue weighted by atomic mass is 10.1. The van der Waals surface area contributed by atoms with E-state index >= 15 is 0 Å². The number of amides is 1. The average molecular weight is 413 g/mol. The van der Waals surface area contributed by atoms with Crippen molar-refractivity contribution < 1.29 is 28.5 Å². The van der Waals surface area contributed by atoms with E-state index in [1.54, 1.807) is 19.2 Å². The van der Waals surface area contributed by atoms with Crippen molar-refractivity contribution in [3.05, 3.63) is 59.2 Å². The van der Waals surface area contributed by atoms with Crippen LogP contribution in [0.5, 0.6) is 17.2 Å². The zero-order valence-electron chi connectivity index (χ0n) is 17.9. The van der Waals surface area contributed by atoms with Gasteiger partial charge in [0.15, 0.2) is 18.1 Å². The Morgan fingerprint density at radius 1 is 0.967 bits per heavy atom. The van der Waals surface area contributed by atoms with E-state index in [9.17, 15) is 9.59 Å². The van der Waals surface area contributed by atoms with Crippen LogP contribution in [0.25, 0.3) is 6.08 Å². The summed E-state index contributed by atoms with van der Waals surface area (Å²) in [6, 6.07) is 11.2. The molecule has 0 N–H and O–H groups in total. The number of rotatable bonds is 9. The van der Waals surface area contributed by atoms with E-state index in [-0.39, 0.29) is 12.5 Å². The minimum absolute atomic E-state index is 0.288. The van der Waals surface area contributed by atoms with Crippen LogP contribution in [0.2, 0.25) is 0 Å². The summed E-state index contributed by atoms with van der Waals surface area (Å²) in [5, 5.41) is 0. The first kappa shape index (κ1) is 22.8. The molecule has 2 aromatic rings. The van der Waals surface area contributed by atoms with Crippen molar-refractivity contribution in [2.75, 3.05) is 35.0 Å². The number of benzene rings is 2. The lowest BCUT2D eigenvalue weighted by Crippen LogP contribution is -2.30. The first-order valence-corrected chi connectivity index (χ1v) is 9.33. The Kier molecular flexibility index (Phi) is 8.29. The van der Waals surface area contributed by atoms with E-state index < -0.39 is 5.97 Å². The van der Waals surface area contributed by atoms with Crippen LogP contribution in [-0.2, 0) is 20.9 Å². The number of ether oxygens (including phenoxy) is 4. The third-order valence-electron chi connectivity index (χ3n) is 4.57. The fourth-order valence-electron chi connectivity index (χ4n) is 2.76. The maximum atomic E-state index is 12.3. The summed E-state index contributed by atoms with van der Waals surface area (Å²) in [6.45, 7) is 2.09. The molecule has 0 heterocycles. The zero-order valence-corrected chi connectivity index (χ0v) is 17.9. The molecule has 0 saturated heterocycles. The Bertz CT molecular complexity index is 922. The lowest BCUT2D eigenvalue weighted by molar-refractivity contribution is -0.147. The number of aryl methyl sites for hydroxylation is 1. The van der Waals surface area contributed by atoms with Gasteiger partial charge in [-0.25, -0.2) is 4.79 Å². The molecule has 0 bridgehead atoms. The molecule has 30 heavy (non-hydrogen) atoms. The fourth-order valence-corrected chi connectivity index (χ4v) is 2.76. The van der Waals surface area contributed by atoms with Crippen LogP contribution >= 0.6 is 0 Å². The summed E-state index contributed by atoms with van der Waals surface area (Å²) in [7, 11) is 6.23. The molecule has 2 aromatic carbocycles. The van der Waals surface area contributed by atoms with Gasteiger partial charge in [-0.1, -0.05) is 24.3 Å². The highest BCUT2D eigenvalue weighted by atomic mass is 16.5. The van der Waals surface area contributed by atoms with Gasteiger partial charge in [-0.3, -0.25) is 4.79 Å². The second kappa shape index (κ2) is 10.9. The van der Waals surface area contributed by atoms with Gasteiger partial charge in [0.25, 0.3) is 5.91 Å². The van der Waals surface area contributed by atoms with Crippen LogP contribution in [0.15, 0.2) is 42.5 Å². The molecule has 2 rings (SSSR count). The first-order valence-electron chi connectivity index (χ1n) is 9.33. The van der Waals surface area contributed by atoms with Crippen LogP contribution in [0.3, 0.4) is 0 Å². The molecule has 0 unspecified atom stereocenters. The average Bonchev–Trinajstić information content (AvgIpc) is 2.76. The highest BCUT2D eigenvalue weighted by Crippen LogP contribution is 2.35. The molecule has 0 aliphatic rings. The van der Waals surface area contributed by atoms with Gasteiger partial charge in [0.05, 0.1) is 21.3 Å². The monoisotopic (exact) mass is 413 g/mol. The zero-order chi connectivity index (χ0) is 22.1. The summed E-state index contributed by atoms with van der Waals surface area (Å²) >= 11 is 0. The van der Waals surface area contributed by atoms with Crippen molar-refractivity contribution >= 4 is 18.0 Å². The van der Waals surface area contributed by atoms with Crippen LogP contribution < -0.4 is 14.2 Å². The van der Waals surface area contributed by atoms with E-state index in [0.717, 1.165) is 11.1 Å². The SMILES string of the molecule is COc1cc(OC)c(OC)cc1/C=C/C(=O)OCC(=O)N(C)Cc1ccccc1C. The van der Waals surface area contributed by atoms with E-state index in [4.69, 9.17) is 18.9 Å². The molecule has 0 radical (unpaired) electrons. The molecule has 0 atom stereocenters. The smallest absolute Gasteiger partial charge is 0.331 e. The predicted molar refractivity (Wildman–Crippen MR) is 114 cm³/mol. The first-order chi connectivity index (χ1) is 14.4. The molecule has 7 nitrogen and oxygen atoms in total. The Hall–Kier alpha value is -3.48. The number of carbonyl (C=O) groups excluding carboxylic acids is 2. The van der Waals surface area contributed by atoms with Gasteiger partial charge in [0.1, 0.15) is 5.75 Å². The van der Waals surface area contributed by atoms with Crippen LogP contribution in [0, 0.1) is 6.92 Å². The standard InChI is InChI=1S/C23H27NO6/c1-16-8-6-7-9-18(16)14-24(2)22(25)15-30-23(26)11-10-17-12-20(28-4)21(29-5)13-19(17)27-3/h6-13H,14-15H2,1-5H3/b11-10+. The number of carbonyl (C=O) groups is 2. The van der Waals surface area contributed by atoms with Crippen molar-refractivity contribution in [3.8, 4) is 17.2 Å². The molecule has 1 amide bonds. The van der Waals surface area contributed by atoms with Crippen LogP contribution in [-0.4, -0.2) is 51.8 Å². The molecule has 0 aromatic heterocycles. The maximum Gasteiger partial charge on any atom is 0.331 e. The molecule has 0 spiro atoms. The van der Waals surface area contributed by atoms with Crippen molar-refractivity contribution in [2.45, 2.75) is 13.5 Å². The number of hydrogen-bond donors (Lipinski definition) is 0. The van der Waals surface area contributed by atoms with Gasteiger partial charge in [0.2, 0.25) is 0 Å². The number of esters is 1. The predicted octanol–water partition coefficient (Wildman–Crippen LogP) is 3.24. The van der Waals surface area contributed by atoms with Crippen molar-refractivity contribution in [3.63, 3.8) is 0 Å². The number of methoxy groups -OCH3 is 3. The number of hydrogen-bond acceptors (Lipinski definition) is 6. The van der Waals surface area contributed by atoms with E-state index in [0.29, 0.717) is 29.4 Å². The highest BCUT2D eigenvalue weighted by molar-refractivity contribution is 5.89. The molecule has 0 aliphatic carbocycles. The molecule has 7 heteroatoms. The summed E-state index contributed by atoms with van der Waals surface area (Å²) in [4.78, 5) is 25.8. The van der Waals surface area contributed by atoms with Gasteiger partial charge in [-0.2, -0.15) is 0 Å². The Morgan fingerprint density at radius 2 is 1.60 bits per heavy atom. The molecular weight excluding hydrogens is 386 g/mol. The van der Waals surface area contributed by atoms with Crippen molar-refractivity contribution in [1.82, 2.24) is 4.90 Å². The number of likely N-dealkylation sites (N-methyl/N-ethyl adjacent to an activating group) is 1. The van der Waals surface area contributed by atoms with Gasteiger partial charge < -0.3 is 23.8 Å². The normalized spacial score (nSPS) is 10.6. The van der Waals surface area contributed by atoms with Crippen molar-refractivity contribution in [2.24, 2.45) is 0 Å². The maximum absolute atomic E-state index is 12.3. The Labute approximate surface area is 176 Å². The van der Waals surface area contributed by atoms with E-state index in [1.165, 1.54) is 38.4 Å². The summed E-state index contributed by atoms with van der Waals surface area (Å²) in [5.74, 6) is 0.592. The summed E-state index contributed by atoms with van der Waals surface area (Å²) in [6.07, 6.45) is 2.77. The minimum Gasteiger partial charge on any atom is -0.496 e. The van der Waals surface area contributed by atoms with Crippen molar-refractivity contribution in [1.29, 1.82) is 0 Å². The molecule has 160 valence electrons. The Morgan fingerprint density at radius 3 is 2.23 bits per heavy atom. The second-order valence-electron chi connectivity index (χ2n) is 6.57. The van der Waals surface area contributed by atoms with E-state index in [1.807, 2.05) is 31.2 Å². The van der Waals surface area contributed by atoms with Gasteiger partial charge >= 0.3 is 5.97 Å². The minimum atomic E-state index is -0.635. The lowest BCUT2D eigenvalue weighted by Gasteiger charge is -2.18. The largest absolute Gasteiger partial charge is 0.496 e. The van der Waals surface area contributed by atoms with Crippen LogP contribution in [0.4, 0.5) is 0 Å². The van der Waals surface area contributed by atoms with Gasteiger partial charge in [-0.15, -0.1) is 0 Å². The highest BCUT2D eigenvalue weighted by Gasteiger charge is 2.13. The summed E-state index contributed by atoms with van der Waals surface area (Å²) in [5.41, 5.74) is 2.75. The third kappa shape index (κ3) is 6.01. The third-order valence-corrected chi connectivity index (χ3v) is 4.57. The van der Waals surface area contributed by atoms with Gasteiger partial charge in [-0.05, 0) is 30.2 Å². The van der Waals surface area contributed by atoms with Gasteiger partial charge in [0, 0.05) is 31.3 Å². The topological polar surface area (TPSA) is 74.3 Å². The fraction of sp³-hybridized carbons (Fsp3) is 0.304.